The van der Waals surface area contributed by atoms with E-state index in [1.807, 2.05) is 4.90 Å². The van der Waals surface area contributed by atoms with Gasteiger partial charge in [0, 0.05) is 25.6 Å². The first-order chi connectivity index (χ1) is 9.28. The number of nitriles is 1. The molecule has 0 unspecified atom stereocenters. The number of halogens is 3. The number of hydrogen-bond acceptors (Lipinski definition) is 2. The van der Waals surface area contributed by atoms with Crippen LogP contribution in [0.4, 0.5) is 13.2 Å². The lowest BCUT2D eigenvalue weighted by Gasteiger charge is -2.50. The monoisotopic (exact) mass is 288 g/mol. The lowest BCUT2D eigenvalue weighted by Crippen LogP contribution is -2.58. The number of alkyl halides is 3. The van der Waals surface area contributed by atoms with Gasteiger partial charge in [-0.15, -0.1) is 0 Å². The van der Waals surface area contributed by atoms with Gasteiger partial charge in [-0.2, -0.15) is 18.4 Å². The normalized spacial score (nSPS) is 33.0. The van der Waals surface area contributed by atoms with Crippen molar-refractivity contribution in [1.82, 2.24) is 4.90 Å². The van der Waals surface area contributed by atoms with Crippen molar-refractivity contribution in [2.45, 2.75) is 58.2 Å². The third kappa shape index (κ3) is 2.95. The van der Waals surface area contributed by atoms with Gasteiger partial charge in [-0.05, 0) is 37.0 Å². The number of rotatable bonds is 3. The molecule has 0 aromatic carbocycles. The van der Waals surface area contributed by atoms with Gasteiger partial charge >= 0.3 is 6.18 Å². The molecule has 20 heavy (non-hydrogen) atoms. The first-order valence-corrected chi connectivity index (χ1v) is 7.46. The smallest absolute Gasteiger partial charge is 0.299 e. The van der Waals surface area contributed by atoms with Crippen LogP contribution in [0.25, 0.3) is 0 Å². The predicted octanol–water partition coefficient (Wildman–Crippen LogP) is 3.98. The van der Waals surface area contributed by atoms with Crippen LogP contribution in [-0.2, 0) is 0 Å². The van der Waals surface area contributed by atoms with Gasteiger partial charge in [0.1, 0.15) is 0 Å². The van der Waals surface area contributed by atoms with E-state index >= 15 is 0 Å². The van der Waals surface area contributed by atoms with Crippen molar-refractivity contribution >= 4 is 0 Å². The average Bonchev–Trinajstić information content (AvgIpc) is 2.27. The molecule has 0 radical (unpaired) electrons. The Morgan fingerprint density at radius 1 is 1.25 bits per heavy atom. The Hall–Kier alpha value is -0.760. The molecule has 2 rings (SSSR count). The minimum atomic E-state index is -4.03. The van der Waals surface area contributed by atoms with Crippen molar-refractivity contribution in [2.75, 3.05) is 13.1 Å². The van der Waals surface area contributed by atoms with E-state index in [1.54, 1.807) is 0 Å². The molecular weight excluding hydrogens is 265 g/mol. The molecular formula is C15H23F3N2. The zero-order valence-corrected chi connectivity index (χ0v) is 12.2. The second-order valence-corrected chi connectivity index (χ2v) is 6.78. The van der Waals surface area contributed by atoms with Crippen LogP contribution in [0.5, 0.6) is 0 Å². The highest BCUT2D eigenvalue weighted by molar-refractivity contribution is 4.98. The van der Waals surface area contributed by atoms with E-state index in [9.17, 15) is 13.2 Å². The van der Waals surface area contributed by atoms with Gasteiger partial charge in [0.05, 0.1) is 12.0 Å². The minimum Gasteiger partial charge on any atom is -0.299 e. The molecule has 5 heteroatoms. The summed E-state index contributed by atoms with van der Waals surface area (Å²) in [5, 5.41) is 9.00. The molecule has 0 atom stereocenters. The second-order valence-electron chi connectivity index (χ2n) is 6.78. The highest BCUT2D eigenvalue weighted by Crippen LogP contribution is 2.47. The molecule has 0 N–H and O–H groups in total. The maximum atomic E-state index is 12.5. The summed E-state index contributed by atoms with van der Waals surface area (Å²) in [5.74, 6) is -0.666. The highest BCUT2D eigenvalue weighted by Gasteiger charge is 2.50. The summed E-state index contributed by atoms with van der Waals surface area (Å²) in [7, 11) is 0. The standard InChI is InChI=1S/C15H23F3N2/c1-11(2)14(7-8-19)5-3-13(4-6-14)20-9-12(10-20)15(16,17)18/h11-13H,3-7,9-10H2,1-2H3. The quantitative estimate of drug-likeness (QED) is 0.785. The maximum Gasteiger partial charge on any atom is 0.394 e. The first kappa shape index (κ1) is 15.6. The Labute approximate surface area is 118 Å². The van der Waals surface area contributed by atoms with E-state index in [4.69, 9.17) is 5.26 Å². The summed E-state index contributed by atoms with van der Waals surface area (Å²) in [6.45, 7) is 4.64. The van der Waals surface area contributed by atoms with E-state index in [0.717, 1.165) is 25.7 Å². The van der Waals surface area contributed by atoms with Crippen molar-refractivity contribution in [3.63, 3.8) is 0 Å². The van der Waals surface area contributed by atoms with Crippen molar-refractivity contribution in [3.8, 4) is 6.07 Å². The molecule has 0 spiro atoms. The molecule has 1 aliphatic carbocycles. The Kier molecular flexibility index (Phi) is 4.34. The largest absolute Gasteiger partial charge is 0.394 e. The SMILES string of the molecule is CC(C)C1(CC#N)CCC(N2CC(C(F)(F)F)C2)CC1. The Morgan fingerprint density at radius 3 is 2.20 bits per heavy atom. The number of hydrogen-bond donors (Lipinski definition) is 0. The van der Waals surface area contributed by atoms with Gasteiger partial charge in [-0.25, -0.2) is 0 Å². The predicted molar refractivity (Wildman–Crippen MR) is 70.9 cm³/mol. The minimum absolute atomic E-state index is 0.0829. The molecule has 0 aromatic rings. The van der Waals surface area contributed by atoms with Crippen LogP contribution in [0.15, 0.2) is 0 Å². The molecule has 1 aliphatic heterocycles. The van der Waals surface area contributed by atoms with Crippen molar-refractivity contribution in [1.29, 1.82) is 5.26 Å². The number of nitrogens with zero attached hydrogens (tertiary/aromatic N) is 2. The lowest BCUT2D eigenvalue weighted by molar-refractivity contribution is -0.215. The Bertz CT molecular complexity index is 370. The maximum absolute atomic E-state index is 12.5. The van der Waals surface area contributed by atoms with Gasteiger partial charge in [0.15, 0.2) is 0 Å². The van der Waals surface area contributed by atoms with E-state index in [-0.39, 0.29) is 18.5 Å². The third-order valence-electron chi connectivity index (χ3n) is 5.50. The molecule has 0 amide bonds. The molecule has 1 saturated carbocycles. The zero-order valence-electron chi connectivity index (χ0n) is 12.2. The molecule has 2 aliphatic rings. The molecule has 2 fully saturated rings. The highest BCUT2D eigenvalue weighted by atomic mass is 19.4. The van der Waals surface area contributed by atoms with Crippen LogP contribution < -0.4 is 0 Å². The van der Waals surface area contributed by atoms with E-state index in [1.165, 1.54) is 0 Å². The second kappa shape index (κ2) is 5.55. The van der Waals surface area contributed by atoms with Gasteiger partial charge in [0.25, 0.3) is 0 Å². The Balaban J connectivity index is 1.85. The third-order valence-corrected chi connectivity index (χ3v) is 5.50. The van der Waals surface area contributed by atoms with Gasteiger partial charge in [-0.1, -0.05) is 13.8 Å². The summed E-state index contributed by atoms with van der Waals surface area (Å²) >= 11 is 0. The summed E-state index contributed by atoms with van der Waals surface area (Å²) in [4.78, 5) is 1.98. The van der Waals surface area contributed by atoms with Crippen molar-refractivity contribution in [3.05, 3.63) is 0 Å². The fourth-order valence-electron chi connectivity index (χ4n) is 3.68. The summed E-state index contributed by atoms with van der Waals surface area (Å²) < 4.78 is 37.5. The fourth-order valence-corrected chi connectivity index (χ4v) is 3.68. The van der Waals surface area contributed by atoms with E-state index < -0.39 is 12.1 Å². The van der Waals surface area contributed by atoms with Crippen LogP contribution in [0.3, 0.4) is 0 Å². The average molecular weight is 288 g/mol. The van der Waals surface area contributed by atoms with Gasteiger partial charge in [-0.3, -0.25) is 4.90 Å². The van der Waals surface area contributed by atoms with Crippen LogP contribution >= 0.6 is 0 Å². The first-order valence-electron chi connectivity index (χ1n) is 7.46. The van der Waals surface area contributed by atoms with Crippen LogP contribution in [0.1, 0.15) is 46.0 Å². The van der Waals surface area contributed by atoms with Crippen LogP contribution in [0.2, 0.25) is 0 Å². The van der Waals surface area contributed by atoms with Crippen LogP contribution in [-0.4, -0.2) is 30.2 Å². The summed E-state index contributed by atoms with van der Waals surface area (Å²) in [6, 6.07) is 2.59. The van der Waals surface area contributed by atoms with E-state index in [0.29, 0.717) is 18.4 Å². The van der Waals surface area contributed by atoms with Gasteiger partial charge in [0.2, 0.25) is 0 Å². The van der Waals surface area contributed by atoms with Crippen LogP contribution in [0, 0.1) is 28.6 Å². The van der Waals surface area contributed by atoms with Gasteiger partial charge < -0.3 is 0 Å². The summed E-state index contributed by atoms with van der Waals surface area (Å²) in [5.41, 5.74) is 0.0829. The summed E-state index contributed by atoms with van der Waals surface area (Å²) in [6.07, 6.45) is 0.345. The number of likely N-dealkylation sites (tertiary alicyclic amines) is 1. The molecule has 2 nitrogen and oxygen atoms in total. The molecule has 0 bridgehead atoms. The fraction of sp³-hybridized carbons (Fsp3) is 0.933. The topological polar surface area (TPSA) is 27.0 Å². The molecule has 0 aromatic heterocycles. The lowest BCUT2D eigenvalue weighted by atomic mass is 9.64. The van der Waals surface area contributed by atoms with E-state index in [2.05, 4.69) is 19.9 Å². The molecule has 1 saturated heterocycles. The molecule has 114 valence electrons. The van der Waals surface area contributed by atoms with Crippen molar-refractivity contribution in [2.24, 2.45) is 17.3 Å². The zero-order chi connectivity index (χ0) is 15.0. The van der Waals surface area contributed by atoms with Crippen molar-refractivity contribution < 1.29 is 13.2 Å². The molecule has 1 heterocycles. The Morgan fingerprint density at radius 2 is 1.80 bits per heavy atom.